The molecule has 1 aromatic carbocycles. The van der Waals surface area contributed by atoms with Crippen LogP contribution in [0.4, 0.5) is 10.1 Å². The quantitative estimate of drug-likeness (QED) is 0.745. The molecule has 0 heterocycles. The number of hydrogen-bond donors (Lipinski definition) is 2. The van der Waals surface area contributed by atoms with Crippen molar-refractivity contribution in [1.82, 2.24) is 5.32 Å². The summed E-state index contributed by atoms with van der Waals surface area (Å²) in [7, 11) is 0. The predicted octanol–water partition coefficient (Wildman–Crippen LogP) is 2.01. The summed E-state index contributed by atoms with van der Waals surface area (Å²) in [5.74, 6) is -0.191. The van der Waals surface area contributed by atoms with Gasteiger partial charge in [-0.15, -0.1) is 0 Å². The molecule has 3 nitrogen and oxygen atoms in total. The minimum Gasteiger partial charge on any atom is -0.395 e. The first-order chi connectivity index (χ1) is 8.72. The van der Waals surface area contributed by atoms with E-state index in [0.717, 1.165) is 26.1 Å². The predicted molar refractivity (Wildman–Crippen MR) is 73.5 cm³/mol. The lowest BCUT2D eigenvalue weighted by Crippen LogP contribution is -2.37. The van der Waals surface area contributed by atoms with Crippen molar-refractivity contribution in [3.8, 4) is 0 Å². The number of aliphatic hydroxyl groups excluding tert-OH is 1. The third-order valence-corrected chi connectivity index (χ3v) is 3.04. The van der Waals surface area contributed by atoms with Crippen LogP contribution in [0, 0.1) is 5.82 Å². The average molecular weight is 254 g/mol. The van der Waals surface area contributed by atoms with E-state index in [-0.39, 0.29) is 18.5 Å². The zero-order chi connectivity index (χ0) is 13.4. The van der Waals surface area contributed by atoms with Crippen LogP contribution in [0.1, 0.15) is 20.3 Å². The zero-order valence-electron chi connectivity index (χ0n) is 11.2. The molecular formula is C14H23FN2O. The van der Waals surface area contributed by atoms with Crippen LogP contribution in [0.5, 0.6) is 0 Å². The van der Waals surface area contributed by atoms with E-state index >= 15 is 0 Å². The molecule has 0 spiro atoms. The molecule has 0 saturated carbocycles. The van der Waals surface area contributed by atoms with Gasteiger partial charge in [0.15, 0.2) is 0 Å². The molecule has 1 aromatic rings. The molecule has 0 aromatic heterocycles. The first-order valence-corrected chi connectivity index (χ1v) is 6.56. The molecule has 0 saturated heterocycles. The topological polar surface area (TPSA) is 35.5 Å². The molecule has 0 aliphatic heterocycles. The number of hydrogen-bond acceptors (Lipinski definition) is 3. The van der Waals surface area contributed by atoms with Crippen molar-refractivity contribution in [3.05, 3.63) is 30.1 Å². The number of nitrogens with one attached hydrogen (secondary N) is 1. The molecule has 4 heteroatoms. The van der Waals surface area contributed by atoms with E-state index in [1.54, 1.807) is 12.1 Å². The zero-order valence-corrected chi connectivity index (χ0v) is 11.2. The van der Waals surface area contributed by atoms with Crippen LogP contribution in [0.3, 0.4) is 0 Å². The lowest BCUT2D eigenvalue weighted by molar-refractivity contribution is 0.238. The Kier molecular flexibility index (Phi) is 6.68. The van der Waals surface area contributed by atoms with E-state index in [1.165, 1.54) is 6.07 Å². The third-order valence-electron chi connectivity index (χ3n) is 3.04. The molecule has 0 fully saturated rings. The van der Waals surface area contributed by atoms with E-state index in [2.05, 4.69) is 5.32 Å². The van der Waals surface area contributed by atoms with Gasteiger partial charge in [-0.3, -0.25) is 0 Å². The summed E-state index contributed by atoms with van der Waals surface area (Å²) in [5, 5.41) is 12.4. The Morgan fingerprint density at radius 3 is 2.61 bits per heavy atom. The number of para-hydroxylation sites is 1. The van der Waals surface area contributed by atoms with E-state index in [1.807, 2.05) is 24.8 Å². The van der Waals surface area contributed by atoms with E-state index < -0.39 is 0 Å². The summed E-state index contributed by atoms with van der Waals surface area (Å²) >= 11 is 0. The first kappa shape index (κ1) is 14.9. The van der Waals surface area contributed by atoms with Crippen LogP contribution < -0.4 is 10.2 Å². The van der Waals surface area contributed by atoms with Gasteiger partial charge in [-0.25, -0.2) is 4.39 Å². The van der Waals surface area contributed by atoms with E-state index in [4.69, 9.17) is 0 Å². The van der Waals surface area contributed by atoms with Gasteiger partial charge in [-0.1, -0.05) is 19.1 Å². The summed E-state index contributed by atoms with van der Waals surface area (Å²) in [4.78, 5) is 2.00. The highest BCUT2D eigenvalue weighted by molar-refractivity contribution is 5.47. The fourth-order valence-electron chi connectivity index (χ4n) is 2.02. The van der Waals surface area contributed by atoms with Gasteiger partial charge in [-0.05, 0) is 32.0 Å². The van der Waals surface area contributed by atoms with Crippen LogP contribution in [0.2, 0.25) is 0 Å². The molecule has 18 heavy (non-hydrogen) atoms. The van der Waals surface area contributed by atoms with E-state index in [9.17, 15) is 9.50 Å². The number of aliphatic hydroxyl groups is 1. The monoisotopic (exact) mass is 254 g/mol. The number of benzene rings is 1. The molecule has 1 rings (SSSR count). The molecule has 0 radical (unpaired) electrons. The molecule has 0 aliphatic rings. The number of nitrogens with zero attached hydrogens (tertiary/aromatic N) is 1. The minimum absolute atomic E-state index is 0.0795. The van der Waals surface area contributed by atoms with Crippen molar-refractivity contribution >= 4 is 5.69 Å². The molecule has 1 atom stereocenters. The number of likely N-dealkylation sites (N-methyl/N-ethyl adjacent to an activating group) is 1. The minimum atomic E-state index is -0.191. The Labute approximate surface area is 109 Å². The van der Waals surface area contributed by atoms with Gasteiger partial charge < -0.3 is 15.3 Å². The van der Waals surface area contributed by atoms with Crippen molar-refractivity contribution in [3.63, 3.8) is 0 Å². The maximum atomic E-state index is 13.7. The largest absolute Gasteiger partial charge is 0.395 e. The molecule has 0 bridgehead atoms. The van der Waals surface area contributed by atoms with Gasteiger partial charge in [0.1, 0.15) is 5.82 Å². The molecular weight excluding hydrogens is 231 g/mol. The Bertz CT molecular complexity index is 346. The first-order valence-electron chi connectivity index (χ1n) is 6.56. The van der Waals surface area contributed by atoms with Gasteiger partial charge in [0.2, 0.25) is 0 Å². The Morgan fingerprint density at radius 1 is 1.33 bits per heavy atom. The second kappa shape index (κ2) is 8.06. The van der Waals surface area contributed by atoms with Crippen molar-refractivity contribution in [2.75, 3.05) is 31.1 Å². The van der Waals surface area contributed by atoms with Crippen LogP contribution in [-0.4, -0.2) is 37.4 Å². The van der Waals surface area contributed by atoms with Gasteiger partial charge >= 0.3 is 0 Å². The highest BCUT2D eigenvalue weighted by Gasteiger charge is 2.12. The Balaban J connectivity index is 2.60. The average Bonchev–Trinajstić information content (AvgIpc) is 2.40. The van der Waals surface area contributed by atoms with Crippen LogP contribution >= 0.6 is 0 Å². The summed E-state index contributed by atoms with van der Waals surface area (Å²) in [6.45, 7) is 6.45. The highest BCUT2D eigenvalue weighted by atomic mass is 19.1. The second-order valence-electron chi connectivity index (χ2n) is 4.26. The molecule has 1 unspecified atom stereocenters. The maximum Gasteiger partial charge on any atom is 0.146 e. The lowest BCUT2D eigenvalue weighted by atomic mass is 10.2. The standard InChI is InChI=1S/C14H23FN2O/c1-3-16-12(11-18)9-10-17(4-2)14-8-6-5-7-13(14)15/h5-8,12,16,18H,3-4,9-11H2,1-2H3. The maximum absolute atomic E-state index is 13.7. The van der Waals surface area contributed by atoms with Gasteiger partial charge in [0.05, 0.1) is 12.3 Å². The molecule has 102 valence electrons. The Morgan fingerprint density at radius 2 is 2.06 bits per heavy atom. The highest BCUT2D eigenvalue weighted by Crippen LogP contribution is 2.18. The normalized spacial score (nSPS) is 12.4. The fourth-order valence-corrected chi connectivity index (χ4v) is 2.02. The SMILES string of the molecule is CCNC(CO)CCN(CC)c1ccccc1F. The van der Waals surface area contributed by atoms with Gasteiger partial charge in [0, 0.05) is 19.1 Å². The lowest BCUT2D eigenvalue weighted by Gasteiger charge is -2.26. The summed E-state index contributed by atoms with van der Waals surface area (Å²) < 4.78 is 13.7. The number of rotatable bonds is 8. The molecule has 2 N–H and O–H groups in total. The Hall–Kier alpha value is -1.13. The smallest absolute Gasteiger partial charge is 0.146 e. The van der Waals surface area contributed by atoms with Crippen LogP contribution in [0.15, 0.2) is 24.3 Å². The van der Waals surface area contributed by atoms with Crippen molar-refractivity contribution < 1.29 is 9.50 Å². The summed E-state index contributed by atoms with van der Waals surface area (Å²) in [6.07, 6.45) is 0.798. The third kappa shape index (κ3) is 4.27. The van der Waals surface area contributed by atoms with Crippen molar-refractivity contribution in [2.24, 2.45) is 0 Å². The van der Waals surface area contributed by atoms with Crippen molar-refractivity contribution in [2.45, 2.75) is 26.3 Å². The molecule has 0 aliphatic carbocycles. The summed E-state index contributed by atoms with van der Waals surface area (Å²) in [5.41, 5.74) is 0.633. The number of halogens is 1. The molecule has 0 amide bonds. The fraction of sp³-hybridized carbons (Fsp3) is 0.571. The van der Waals surface area contributed by atoms with Gasteiger partial charge in [0.25, 0.3) is 0 Å². The van der Waals surface area contributed by atoms with E-state index in [0.29, 0.717) is 5.69 Å². The second-order valence-corrected chi connectivity index (χ2v) is 4.26. The number of anilines is 1. The van der Waals surface area contributed by atoms with Crippen molar-refractivity contribution in [1.29, 1.82) is 0 Å². The van der Waals surface area contributed by atoms with Crippen LogP contribution in [0.25, 0.3) is 0 Å². The van der Waals surface area contributed by atoms with Gasteiger partial charge in [-0.2, -0.15) is 0 Å². The van der Waals surface area contributed by atoms with Crippen LogP contribution in [-0.2, 0) is 0 Å². The summed E-state index contributed by atoms with van der Waals surface area (Å²) in [6, 6.07) is 6.89.